The maximum Gasteiger partial charge on any atom is 0.335 e. The van der Waals surface area contributed by atoms with Crippen molar-refractivity contribution in [3.8, 4) is 0 Å². The van der Waals surface area contributed by atoms with Crippen molar-refractivity contribution >= 4 is 24.3 Å². The van der Waals surface area contributed by atoms with Crippen molar-refractivity contribution in [1.29, 1.82) is 0 Å². The van der Waals surface area contributed by atoms with Gasteiger partial charge in [-0.25, -0.2) is 9.18 Å². The number of carbonyl (C=O) groups is 1. The standard InChI is InChI=1S/C18H20FNO2S/c1-3-13-4-10-16(11-5-13)20(2)18(12-23,17(21)22)14-6-8-15(19)9-7-14/h4-11,23H,3,12H2,1-2H3,(H,21,22)/t18-/m1/s1. The molecule has 0 aliphatic rings. The average molecular weight is 333 g/mol. The first-order valence-corrected chi connectivity index (χ1v) is 8.02. The first-order chi connectivity index (χ1) is 11.0. The van der Waals surface area contributed by atoms with Gasteiger partial charge in [-0.2, -0.15) is 12.6 Å². The van der Waals surface area contributed by atoms with Gasteiger partial charge in [-0.3, -0.25) is 0 Å². The van der Waals surface area contributed by atoms with Crippen molar-refractivity contribution in [3.05, 3.63) is 65.5 Å². The van der Waals surface area contributed by atoms with Gasteiger partial charge in [0.25, 0.3) is 0 Å². The zero-order valence-corrected chi connectivity index (χ0v) is 14.1. The fourth-order valence-electron chi connectivity index (χ4n) is 2.63. The fraction of sp³-hybridized carbons (Fsp3) is 0.278. The van der Waals surface area contributed by atoms with Gasteiger partial charge in [-0.05, 0) is 41.8 Å². The zero-order valence-electron chi connectivity index (χ0n) is 13.2. The summed E-state index contributed by atoms with van der Waals surface area (Å²) in [6, 6.07) is 13.3. The average Bonchev–Trinajstić information content (AvgIpc) is 2.57. The number of anilines is 1. The minimum absolute atomic E-state index is 0.0556. The minimum Gasteiger partial charge on any atom is -0.479 e. The summed E-state index contributed by atoms with van der Waals surface area (Å²) in [6.45, 7) is 2.06. The van der Waals surface area contributed by atoms with E-state index in [0.29, 0.717) is 5.56 Å². The lowest BCUT2D eigenvalue weighted by Crippen LogP contribution is -2.52. The maximum absolute atomic E-state index is 13.2. The predicted molar refractivity (Wildman–Crippen MR) is 93.8 cm³/mol. The van der Waals surface area contributed by atoms with E-state index in [1.54, 1.807) is 11.9 Å². The highest BCUT2D eigenvalue weighted by Crippen LogP contribution is 2.34. The molecule has 0 radical (unpaired) electrons. The highest BCUT2D eigenvalue weighted by molar-refractivity contribution is 7.80. The molecule has 0 bridgehead atoms. The maximum atomic E-state index is 13.2. The molecular formula is C18H20FNO2S. The van der Waals surface area contributed by atoms with Gasteiger partial charge < -0.3 is 10.0 Å². The molecule has 3 nitrogen and oxygen atoms in total. The lowest BCUT2D eigenvalue weighted by Gasteiger charge is -2.39. The smallest absolute Gasteiger partial charge is 0.335 e. The third kappa shape index (κ3) is 3.20. The molecule has 5 heteroatoms. The Morgan fingerprint density at radius 1 is 1.17 bits per heavy atom. The molecule has 0 aliphatic heterocycles. The first-order valence-electron chi connectivity index (χ1n) is 7.38. The summed E-state index contributed by atoms with van der Waals surface area (Å²) in [5.41, 5.74) is 1.06. The Labute approximate surface area is 141 Å². The number of likely N-dealkylation sites (N-methyl/N-ethyl adjacent to an activating group) is 1. The second-order valence-corrected chi connectivity index (χ2v) is 5.73. The molecule has 122 valence electrons. The number of nitrogens with zero attached hydrogens (tertiary/aromatic N) is 1. The summed E-state index contributed by atoms with van der Waals surface area (Å²) in [4.78, 5) is 13.8. The van der Waals surface area contributed by atoms with E-state index < -0.39 is 17.3 Å². The SMILES string of the molecule is CCc1ccc(N(C)[C@@](CS)(C(=O)O)c2ccc(F)cc2)cc1. The number of halogens is 1. The van der Waals surface area contributed by atoms with Gasteiger partial charge in [-0.15, -0.1) is 0 Å². The number of benzene rings is 2. The zero-order chi connectivity index (χ0) is 17.0. The van der Waals surface area contributed by atoms with Crippen LogP contribution in [0.25, 0.3) is 0 Å². The highest BCUT2D eigenvalue weighted by Gasteiger charge is 2.43. The number of aryl methyl sites for hydroxylation is 1. The van der Waals surface area contributed by atoms with E-state index in [1.807, 2.05) is 24.3 Å². The van der Waals surface area contributed by atoms with Gasteiger partial charge in [0.1, 0.15) is 5.82 Å². The van der Waals surface area contributed by atoms with Gasteiger partial charge in [-0.1, -0.05) is 31.2 Å². The van der Waals surface area contributed by atoms with Crippen LogP contribution in [0.1, 0.15) is 18.1 Å². The second kappa shape index (κ2) is 7.04. The lowest BCUT2D eigenvalue weighted by atomic mass is 9.89. The molecule has 0 saturated heterocycles. The van der Waals surface area contributed by atoms with Crippen molar-refractivity contribution in [2.24, 2.45) is 0 Å². The molecule has 0 fully saturated rings. The van der Waals surface area contributed by atoms with E-state index in [4.69, 9.17) is 0 Å². The van der Waals surface area contributed by atoms with Crippen LogP contribution in [0.4, 0.5) is 10.1 Å². The fourth-order valence-corrected chi connectivity index (χ4v) is 3.16. The molecule has 0 aromatic heterocycles. The monoisotopic (exact) mass is 333 g/mol. The Morgan fingerprint density at radius 3 is 2.17 bits per heavy atom. The number of hydrogen-bond donors (Lipinski definition) is 2. The predicted octanol–water partition coefficient (Wildman–Crippen LogP) is 3.73. The molecule has 0 amide bonds. The number of carboxylic acid groups (broad SMARTS) is 1. The summed E-state index contributed by atoms with van der Waals surface area (Å²) in [5, 5.41) is 9.89. The quantitative estimate of drug-likeness (QED) is 0.791. The topological polar surface area (TPSA) is 40.5 Å². The second-order valence-electron chi connectivity index (χ2n) is 5.41. The minimum atomic E-state index is -1.37. The summed E-state index contributed by atoms with van der Waals surface area (Å²) in [7, 11) is 1.72. The van der Waals surface area contributed by atoms with Crippen LogP contribution in [-0.2, 0) is 16.8 Å². The van der Waals surface area contributed by atoms with E-state index >= 15 is 0 Å². The van der Waals surface area contributed by atoms with Crippen LogP contribution in [0, 0.1) is 5.82 Å². The molecular weight excluding hydrogens is 313 g/mol. The van der Waals surface area contributed by atoms with E-state index in [1.165, 1.54) is 29.8 Å². The van der Waals surface area contributed by atoms with Gasteiger partial charge in [0.2, 0.25) is 0 Å². The van der Waals surface area contributed by atoms with E-state index in [2.05, 4.69) is 19.6 Å². The molecule has 1 N–H and O–H groups in total. The Balaban J connectivity index is 2.52. The van der Waals surface area contributed by atoms with E-state index in [-0.39, 0.29) is 5.75 Å². The first kappa shape index (κ1) is 17.3. The summed E-state index contributed by atoms with van der Waals surface area (Å²) < 4.78 is 13.2. The molecule has 1 atom stereocenters. The van der Waals surface area contributed by atoms with Crippen LogP contribution in [0.3, 0.4) is 0 Å². The molecule has 0 unspecified atom stereocenters. The number of rotatable bonds is 6. The molecule has 23 heavy (non-hydrogen) atoms. The normalized spacial score (nSPS) is 13.4. The van der Waals surface area contributed by atoms with Crippen molar-refractivity contribution in [2.45, 2.75) is 18.9 Å². The lowest BCUT2D eigenvalue weighted by molar-refractivity contribution is -0.142. The Hall–Kier alpha value is -2.01. The molecule has 0 aliphatic carbocycles. The van der Waals surface area contributed by atoms with Gasteiger partial charge >= 0.3 is 5.97 Å². The Kier molecular flexibility index (Phi) is 5.31. The largest absolute Gasteiger partial charge is 0.479 e. The molecule has 2 aromatic carbocycles. The van der Waals surface area contributed by atoms with Crippen LogP contribution < -0.4 is 4.90 Å². The van der Waals surface area contributed by atoms with Crippen LogP contribution in [-0.4, -0.2) is 23.9 Å². The number of carboxylic acids is 1. The third-order valence-electron chi connectivity index (χ3n) is 4.21. The van der Waals surface area contributed by atoms with Crippen LogP contribution in [0.15, 0.2) is 48.5 Å². The van der Waals surface area contributed by atoms with Crippen molar-refractivity contribution in [2.75, 3.05) is 17.7 Å². The van der Waals surface area contributed by atoms with E-state index in [0.717, 1.165) is 12.1 Å². The summed E-state index contributed by atoms with van der Waals surface area (Å²) in [5.74, 6) is -1.37. The highest BCUT2D eigenvalue weighted by atomic mass is 32.1. The van der Waals surface area contributed by atoms with Crippen molar-refractivity contribution in [1.82, 2.24) is 0 Å². The van der Waals surface area contributed by atoms with Crippen LogP contribution >= 0.6 is 12.6 Å². The van der Waals surface area contributed by atoms with Crippen molar-refractivity contribution in [3.63, 3.8) is 0 Å². The third-order valence-corrected chi connectivity index (χ3v) is 4.67. The van der Waals surface area contributed by atoms with Crippen LogP contribution in [0.5, 0.6) is 0 Å². The van der Waals surface area contributed by atoms with Crippen molar-refractivity contribution < 1.29 is 14.3 Å². The summed E-state index contributed by atoms with van der Waals surface area (Å²) >= 11 is 4.29. The molecule has 0 saturated carbocycles. The molecule has 2 aromatic rings. The number of hydrogen-bond acceptors (Lipinski definition) is 3. The van der Waals surface area contributed by atoms with Gasteiger partial charge in [0.15, 0.2) is 5.54 Å². The molecule has 2 rings (SSSR count). The molecule has 0 heterocycles. The Bertz CT molecular complexity index is 672. The summed E-state index contributed by atoms with van der Waals surface area (Å²) in [6.07, 6.45) is 0.915. The Morgan fingerprint density at radius 2 is 1.74 bits per heavy atom. The van der Waals surface area contributed by atoms with E-state index in [9.17, 15) is 14.3 Å². The van der Waals surface area contributed by atoms with Gasteiger partial charge in [0.05, 0.1) is 0 Å². The number of aliphatic carboxylic acids is 1. The molecule has 0 spiro atoms. The number of thiol groups is 1. The van der Waals surface area contributed by atoms with Crippen LogP contribution in [0.2, 0.25) is 0 Å². The van der Waals surface area contributed by atoms with Gasteiger partial charge in [0, 0.05) is 18.5 Å².